The Morgan fingerprint density at radius 2 is 2.39 bits per heavy atom. The fourth-order valence-electron chi connectivity index (χ4n) is 2.59. The van der Waals surface area contributed by atoms with Crippen LogP contribution in [0.25, 0.3) is 0 Å². The Hall–Kier alpha value is -0.450. The zero-order valence-electron chi connectivity index (χ0n) is 11.7. The normalized spacial score (nSPS) is 25.6. The van der Waals surface area contributed by atoms with Gasteiger partial charge in [-0.25, -0.2) is 4.98 Å². The lowest BCUT2D eigenvalue weighted by molar-refractivity contribution is 0.188. The molecule has 4 heteroatoms. The van der Waals surface area contributed by atoms with E-state index >= 15 is 0 Å². The van der Waals surface area contributed by atoms with Crippen LogP contribution >= 0.6 is 11.3 Å². The molecule has 0 amide bonds. The lowest BCUT2D eigenvalue weighted by Gasteiger charge is -2.31. The first-order valence-corrected chi connectivity index (χ1v) is 7.97. The zero-order valence-corrected chi connectivity index (χ0v) is 12.5. The summed E-state index contributed by atoms with van der Waals surface area (Å²) in [5.41, 5.74) is 0. The van der Waals surface area contributed by atoms with Crippen molar-refractivity contribution in [2.75, 3.05) is 19.6 Å². The molecule has 1 aromatic heterocycles. The number of rotatable bonds is 4. The predicted molar refractivity (Wildman–Crippen MR) is 78.0 cm³/mol. The van der Waals surface area contributed by atoms with Gasteiger partial charge in [-0.05, 0) is 25.8 Å². The molecule has 0 bridgehead atoms. The van der Waals surface area contributed by atoms with Gasteiger partial charge >= 0.3 is 0 Å². The van der Waals surface area contributed by atoms with Crippen molar-refractivity contribution in [2.45, 2.75) is 45.7 Å². The maximum absolute atomic E-state index is 4.47. The van der Waals surface area contributed by atoms with E-state index in [0.29, 0.717) is 12.1 Å². The monoisotopic (exact) mass is 267 g/mol. The van der Waals surface area contributed by atoms with Crippen molar-refractivity contribution in [3.8, 4) is 0 Å². The second kappa shape index (κ2) is 6.64. The Morgan fingerprint density at radius 3 is 3.06 bits per heavy atom. The summed E-state index contributed by atoms with van der Waals surface area (Å²) in [6, 6.07) is 1.08. The summed E-state index contributed by atoms with van der Waals surface area (Å²) in [4.78, 5) is 7.06. The summed E-state index contributed by atoms with van der Waals surface area (Å²) in [5.74, 6) is 0.745. The zero-order chi connectivity index (χ0) is 13.0. The molecular formula is C14H25N3S. The third-order valence-corrected chi connectivity index (χ3v) is 5.09. The second-order valence-corrected chi connectivity index (χ2v) is 6.27. The van der Waals surface area contributed by atoms with Gasteiger partial charge in [0.05, 0.1) is 6.04 Å². The van der Waals surface area contributed by atoms with Crippen molar-refractivity contribution < 1.29 is 0 Å². The molecular weight excluding hydrogens is 242 g/mol. The molecule has 1 aliphatic heterocycles. The van der Waals surface area contributed by atoms with Crippen molar-refractivity contribution in [3.63, 3.8) is 0 Å². The lowest BCUT2D eigenvalue weighted by Crippen LogP contribution is -2.42. The van der Waals surface area contributed by atoms with Crippen molar-refractivity contribution in [1.29, 1.82) is 0 Å². The van der Waals surface area contributed by atoms with E-state index in [1.54, 1.807) is 11.3 Å². The largest absolute Gasteiger partial charge is 0.312 e. The molecule has 1 aliphatic rings. The third kappa shape index (κ3) is 3.31. The van der Waals surface area contributed by atoms with Crippen LogP contribution in [-0.4, -0.2) is 35.6 Å². The SMILES string of the molecule is CCC(C)C1CN(C(C)c2nccs2)CCCN1. The molecule has 0 saturated carbocycles. The van der Waals surface area contributed by atoms with Crippen molar-refractivity contribution >= 4 is 11.3 Å². The molecule has 0 aromatic carbocycles. The summed E-state index contributed by atoms with van der Waals surface area (Å²) in [7, 11) is 0. The van der Waals surface area contributed by atoms with Gasteiger partial charge in [-0.3, -0.25) is 4.90 Å². The highest BCUT2D eigenvalue weighted by atomic mass is 32.1. The number of nitrogens with one attached hydrogen (secondary N) is 1. The van der Waals surface area contributed by atoms with E-state index in [0.717, 1.165) is 19.0 Å². The molecule has 1 fully saturated rings. The van der Waals surface area contributed by atoms with Crippen LogP contribution in [0, 0.1) is 5.92 Å². The van der Waals surface area contributed by atoms with Crippen LogP contribution in [-0.2, 0) is 0 Å². The van der Waals surface area contributed by atoms with Crippen LogP contribution in [0.2, 0.25) is 0 Å². The number of hydrogen-bond donors (Lipinski definition) is 1. The summed E-state index contributed by atoms with van der Waals surface area (Å²) < 4.78 is 0. The van der Waals surface area contributed by atoms with E-state index in [1.165, 1.54) is 24.4 Å². The van der Waals surface area contributed by atoms with Gasteiger partial charge in [0.2, 0.25) is 0 Å². The molecule has 0 aliphatic carbocycles. The molecule has 1 aromatic rings. The van der Waals surface area contributed by atoms with Crippen LogP contribution in [0.5, 0.6) is 0 Å². The number of thiazole rings is 1. The summed E-state index contributed by atoms with van der Waals surface area (Å²) >= 11 is 1.77. The quantitative estimate of drug-likeness (QED) is 0.909. The van der Waals surface area contributed by atoms with Gasteiger partial charge in [0, 0.05) is 30.7 Å². The molecule has 1 saturated heterocycles. The highest BCUT2D eigenvalue weighted by Crippen LogP contribution is 2.24. The molecule has 3 atom stereocenters. The van der Waals surface area contributed by atoms with Crippen LogP contribution in [0.15, 0.2) is 11.6 Å². The van der Waals surface area contributed by atoms with E-state index in [4.69, 9.17) is 0 Å². The highest BCUT2D eigenvalue weighted by Gasteiger charge is 2.26. The fraction of sp³-hybridized carbons (Fsp3) is 0.786. The van der Waals surface area contributed by atoms with E-state index in [2.05, 4.69) is 41.4 Å². The van der Waals surface area contributed by atoms with Crippen LogP contribution < -0.4 is 5.32 Å². The Bertz CT molecular complexity index is 339. The third-order valence-electron chi connectivity index (χ3n) is 4.15. The van der Waals surface area contributed by atoms with Gasteiger partial charge in [0.1, 0.15) is 5.01 Å². The average Bonchev–Trinajstić information content (AvgIpc) is 2.81. The topological polar surface area (TPSA) is 28.2 Å². The fourth-order valence-corrected chi connectivity index (χ4v) is 3.32. The van der Waals surface area contributed by atoms with E-state index in [-0.39, 0.29) is 0 Å². The van der Waals surface area contributed by atoms with Gasteiger partial charge in [-0.1, -0.05) is 20.3 Å². The molecule has 18 heavy (non-hydrogen) atoms. The maximum atomic E-state index is 4.47. The Kier molecular flexibility index (Phi) is 5.15. The molecule has 102 valence electrons. The summed E-state index contributed by atoms with van der Waals surface area (Å²) in [6.07, 6.45) is 4.40. The summed E-state index contributed by atoms with van der Waals surface area (Å²) in [5, 5.41) is 7.03. The maximum Gasteiger partial charge on any atom is 0.109 e. The first-order valence-electron chi connectivity index (χ1n) is 7.09. The smallest absolute Gasteiger partial charge is 0.109 e. The standard InChI is InChI=1S/C14H25N3S/c1-4-11(2)13-10-17(8-5-6-15-13)12(3)14-16-7-9-18-14/h7,9,11-13,15H,4-6,8,10H2,1-3H3. The van der Waals surface area contributed by atoms with Crippen LogP contribution in [0.1, 0.15) is 44.7 Å². The van der Waals surface area contributed by atoms with Gasteiger partial charge in [-0.15, -0.1) is 11.3 Å². The second-order valence-electron chi connectivity index (χ2n) is 5.34. The Labute approximate surface area is 115 Å². The predicted octanol–water partition coefficient (Wildman–Crippen LogP) is 2.91. The van der Waals surface area contributed by atoms with Crippen molar-refractivity contribution in [2.24, 2.45) is 5.92 Å². The molecule has 0 radical (unpaired) electrons. The van der Waals surface area contributed by atoms with E-state index < -0.39 is 0 Å². The van der Waals surface area contributed by atoms with Crippen LogP contribution in [0.4, 0.5) is 0 Å². The molecule has 1 N–H and O–H groups in total. The number of nitrogens with zero attached hydrogens (tertiary/aromatic N) is 2. The van der Waals surface area contributed by atoms with E-state index in [1.807, 2.05) is 6.20 Å². The number of aromatic nitrogens is 1. The van der Waals surface area contributed by atoms with Gasteiger partial charge in [-0.2, -0.15) is 0 Å². The molecule has 2 heterocycles. The molecule has 2 rings (SSSR count). The number of hydrogen-bond acceptors (Lipinski definition) is 4. The first-order chi connectivity index (χ1) is 8.72. The minimum Gasteiger partial charge on any atom is -0.312 e. The van der Waals surface area contributed by atoms with Gasteiger partial charge in [0.25, 0.3) is 0 Å². The average molecular weight is 267 g/mol. The Balaban J connectivity index is 2.02. The van der Waals surface area contributed by atoms with Crippen molar-refractivity contribution in [3.05, 3.63) is 16.6 Å². The minimum absolute atomic E-state index is 0.455. The minimum atomic E-state index is 0.455. The van der Waals surface area contributed by atoms with Gasteiger partial charge < -0.3 is 5.32 Å². The van der Waals surface area contributed by atoms with Gasteiger partial charge in [0.15, 0.2) is 0 Å². The Morgan fingerprint density at radius 1 is 1.56 bits per heavy atom. The highest BCUT2D eigenvalue weighted by molar-refractivity contribution is 7.09. The van der Waals surface area contributed by atoms with E-state index in [9.17, 15) is 0 Å². The summed E-state index contributed by atoms with van der Waals surface area (Å²) in [6.45, 7) is 10.4. The molecule has 3 nitrogen and oxygen atoms in total. The molecule has 0 spiro atoms. The van der Waals surface area contributed by atoms with Crippen LogP contribution in [0.3, 0.4) is 0 Å². The van der Waals surface area contributed by atoms with Crippen molar-refractivity contribution in [1.82, 2.24) is 15.2 Å². The molecule has 3 unspecified atom stereocenters. The lowest BCUT2D eigenvalue weighted by atomic mass is 9.98. The first kappa shape index (κ1) is 14.0.